The second-order valence-electron chi connectivity index (χ2n) is 2.58. The van der Waals surface area contributed by atoms with Crippen molar-refractivity contribution in [1.29, 1.82) is 0 Å². The third-order valence-corrected chi connectivity index (χ3v) is 1.28. The fraction of sp³-hybridized carbons (Fsp3) is 0. The molecule has 0 saturated heterocycles. The average molecular weight is 289 g/mol. The highest BCUT2D eigenvalue weighted by Gasteiger charge is 1.96. The lowest BCUT2D eigenvalue weighted by Gasteiger charge is -1.88. The Hall–Kier alpha value is -1.97. The molecule has 0 aliphatic rings. The average Bonchev–Trinajstić information content (AvgIpc) is 2.30. The van der Waals surface area contributed by atoms with Crippen molar-refractivity contribution in [1.82, 2.24) is 5.43 Å². The molecule has 0 unspecified atom stereocenters. The maximum Gasteiger partial charge on any atom is 0.335 e. The molecule has 0 amide bonds. The molecule has 0 fully saturated rings. The maximum absolute atomic E-state index is 10.2. The Balaban J connectivity index is 0. The Bertz CT molecular complexity index is 382. The molecule has 7 nitrogen and oxygen atoms in total. The zero-order valence-corrected chi connectivity index (χ0v) is 11.0. The molecule has 1 aromatic carbocycles. The van der Waals surface area contributed by atoms with E-state index < -0.39 is 5.97 Å². The largest absolute Gasteiger partial charge is 0.478 e. The number of carboxylic acid groups (broad SMARTS) is 1. The molecule has 0 radical (unpaired) electrons. The molecule has 0 saturated carbocycles. The summed E-state index contributed by atoms with van der Waals surface area (Å²) in [5.74, 6) is 3.78. The Kier molecular flexibility index (Phi) is 11.8. The van der Waals surface area contributed by atoms with Gasteiger partial charge in [0.05, 0.1) is 5.56 Å². The van der Waals surface area contributed by atoms with Crippen LogP contribution in [0.4, 0.5) is 0 Å². The van der Waals surface area contributed by atoms with Crippen LogP contribution < -0.4 is 28.5 Å². The van der Waals surface area contributed by atoms with Crippen molar-refractivity contribution in [3.8, 4) is 0 Å². The minimum Gasteiger partial charge on any atom is -0.478 e. The molecule has 0 aromatic heterocycles. The number of nitrogens with one attached hydrogen (secondary N) is 1. The predicted molar refractivity (Wildman–Crippen MR) is 78.5 cm³/mol. The van der Waals surface area contributed by atoms with Crippen LogP contribution in [0.25, 0.3) is 0 Å². The second kappa shape index (κ2) is 11.5. The molecule has 1 aromatic rings. The molecular weight excluding hydrogens is 274 g/mol. The Morgan fingerprint density at radius 2 is 1.44 bits per heavy atom. The molecule has 0 bridgehead atoms. The SMILES string of the molecule is NC(N)=S.NNC(N)=S.O=C(O)c1ccccc1. The zero-order chi connectivity index (χ0) is 14.6. The summed E-state index contributed by atoms with van der Waals surface area (Å²) < 4.78 is 0. The van der Waals surface area contributed by atoms with Gasteiger partial charge in [-0.2, -0.15) is 0 Å². The lowest BCUT2D eigenvalue weighted by Crippen LogP contribution is -2.34. The molecule has 1 rings (SSSR count). The zero-order valence-electron chi connectivity index (χ0n) is 9.37. The fourth-order valence-electron chi connectivity index (χ4n) is 0.581. The van der Waals surface area contributed by atoms with E-state index in [0.29, 0.717) is 5.56 Å². The molecule has 0 spiro atoms. The van der Waals surface area contributed by atoms with Crippen LogP contribution in [0.3, 0.4) is 0 Å². The first-order valence-electron chi connectivity index (χ1n) is 4.40. The molecule has 10 N–H and O–H groups in total. The Morgan fingerprint density at radius 1 is 1.11 bits per heavy atom. The highest BCUT2D eigenvalue weighted by atomic mass is 32.1. The van der Waals surface area contributed by atoms with Gasteiger partial charge in [-0.3, -0.25) is 0 Å². The van der Waals surface area contributed by atoms with Crippen LogP contribution in [0.15, 0.2) is 30.3 Å². The van der Waals surface area contributed by atoms with Gasteiger partial charge in [0.15, 0.2) is 10.2 Å². The van der Waals surface area contributed by atoms with Crippen molar-refractivity contribution in [3.05, 3.63) is 35.9 Å². The van der Waals surface area contributed by atoms with Gasteiger partial charge in [-0.05, 0) is 36.6 Å². The standard InChI is InChI=1S/C7H6O2.CH5N3S.CH4N2S/c8-7(9)6-4-2-1-3-5-6;2-1(5)4-3;2-1(3)4/h1-5H,(H,8,9);3H2,(H3,2,4,5);(H4,2,3,4). The van der Waals surface area contributed by atoms with Crippen LogP contribution in [-0.2, 0) is 0 Å². The quantitative estimate of drug-likeness (QED) is 0.223. The summed E-state index contributed by atoms with van der Waals surface area (Å²) in [6.45, 7) is 0. The number of carboxylic acids is 1. The lowest BCUT2D eigenvalue weighted by molar-refractivity contribution is 0.0697. The number of hydrazine groups is 1. The van der Waals surface area contributed by atoms with E-state index in [4.69, 9.17) is 10.8 Å². The first kappa shape index (κ1) is 18.4. The van der Waals surface area contributed by atoms with Gasteiger partial charge in [0.2, 0.25) is 0 Å². The van der Waals surface area contributed by atoms with Crippen LogP contribution in [-0.4, -0.2) is 21.3 Å². The number of carbonyl (C=O) groups is 1. The van der Waals surface area contributed by atoms with Gasteiger partial charge in [0, 0.05) is 0 Å². The first-order valence-corrected chi connectivity index (χ1v) is 5.22. The number of hydrogen-bond donors (Lipinski definition) is 6. The van der Waals surface area contributed by atoms with Crippen LogP contribution in [0.1, 0.15) is 10.4 Å². The van der Waals surface area contributed by atoms with Crippen molar-refractivity contribution in [2.75, 3.05) is 0 Å². The minimum absolute atomic E-state index is 0.000000000000000222. The van der Waals surface area contributed by atoms with Crippen LogP contribution >= 0.6 is 24.4 Å². The monoisotopic (exact) mass is 289 g/mol. The van der Waals surface area contributed by atoms with Crippen molar-refractivity contribution >= 4 is 40.6 Å². The Labute approximate surface area is 115 Å². The maximum atomic E-state index is 10.2. The molecule has 9 heteroatoms. The van der Waals surface area contributed by atoms with Crippen LogP contribution in [0, 0.1) is 0 Å². The van der Waals surface area contributed by atoms with E-state index in [9.17, 15) is 4.79 Å². The second-order valence-corrected chi connectivity index (χ2v) is 3.49. The van der Waals surface area contributed by atoms with Gasteiger partial charge >= 0.3 is 5.97 Å². The molecule has 18 heavy (non-hydrogen) atoms. The number of hydrogen-bond acceptors (Lipinski definition) is 4. The highest BCUT2D eigenvalue weighted by molar-refractivity contribution is 7.80. The predicted octanol–water partition coefficient (Wildman–Crippen LogP) is -0.733. The summed E-state index contributed by atoms with van der Waals surface area (Å²) in [5.41, 5.74) is 16.4. The van der Waals surface area contributed by atoms with Crippen LogP contribution in [0.2, 0.25) is 0 Å². The van der Waals surface area contributed by atoms with Gasteiger partial charge in [-0.25, -0.2) is 10.6 Å². The topological polar surface area (TPSA) is 153 Å². The third-order valence-electron chi connectivity index (χ3n) is 1.16. The molecule has 0 aliphatic heterocycles. The molecule has 0 heterocycles. The number of benzene rings is 1. The lowest BCUT2D eigenvalue weighted by atomic mass is 10.2. The third kappa shape index (κ3) is 16.5. The first-order chi connectivity index (χ1) is 8.31. The molecule has 0 atom stereocenters. The summed E-state index contributed by atoms with van der Waals surface area (Å²) >= 11 is 8.33. The van der Waals surface area contributed by atoms with Crippen LogP contribution in [0.5, 0.6) is 0 Å². The molecule has 100 valence electrons. The van der Waals surface area contributed by atoms with E-state index in [1.54, 1.807) is 30.3 Å². The van der Waals surface area contributed by atoms with Crippen molar-refractivity contribution < 1.29 is 9.90 Å². The van der Waals surface area contributed by atoms with E-state index in [1.165, 1.54) is 0 Å². The van der Waals surface area contributed by atoms with E-state index in [1.807, 2.05) is 5.43 Å². The van der Waals surface area contributed by atoms with E-state index in [0.717, 1.165) is 0 Å². The normalized spacial score (nSPS) is 7.61. The van der Waals surface area contributed by atoms with Crippen molar-refractivity contribution in [3.63, 3.8) is 0 Å². The number of rotatable bonds is 1. The highest BCUT2D eigenvalue weighted by Crippen LogP contribution is 1.96. The number of aromatic carboxylic acids is 1. The van der Waals surface area contributed by atoms with Gasteiger partial charge in [-0.15, -0.1) is 0 Å². The minimum atomic E-state index is -0.879. The van der Waals surface area contributed by atoms with Gasteiger partial charge in [-0.1, -0.05) is 18.2 Å². The fourth-order valence-corrected chi connectivity index (χ4v) is 0.581. The smallest absolute Gasteiger partial charge is 0.335 e. The summed E-state index contributed by atoms with van der Waals surface area (Å²) in [7, 11) is 0. The van der Waals surface area contributed by atoms with Crippen molar-refractivity contribution in [2.45, 2.75) is 0 Å². The number of nitrogens with two attached hydrogens (primary N) is 4. The molecular formula is C9H15N5O2S2. The van der Waals surface area contributed by atoms with Gasteiger partial charge in [0.1, 0.15) is 0 Å². The Morgan fingerprint density at radius 3 is 1.61 bits per heavy atom. The van der Waals surface area contributed by atoms with Crippen molar-refractivity contribution in [2.24, 2.45) is 23.0 Å². The summed E-state index contributed by atoms with van der Waals surface area (Å²) in [4.78, 5) is 10.2. The molecule has 0 aliphatic carbocycles. The van der Waals surface area contributed by atoms with E-state index in [2.05, 4.69) is 41.7 Å². The summed E-state index contributed by atoms with van der Waals surface area (Å²) in [6.07, 6.45) is 0. The summed E-state index contributed by atoms with van der Waals surface area (Å²) in [6, 6.07) is 8.30. The summed E-state index contributed by atoms with van der Waals surface area (Å²) in [5, 5.41) is 8.50. The van der Waals surface area contributed by atoms with Gasteiger partial charge in [0.25, 0.3) is 0 Å². The van der Waals surface area contributed by atoms with E-state index >= 15 is 0 Å². The van der Waals surface area contributed by atoms with Gasteiger partial charge < -0.3 is 27.7 Å². The number of thiocarbonyl (C=S) groups is 2. The van der Waals surface area contributed by atoms with E-state index in [-0.39, 0.29) is 10.2 Å².